The first kappa shape index (κ1) is 14.7. The molecule has 0 atom stereocenters. The number of ether oxygens (including phenoxy) is 1. The van der Waals surface area contributed by atoms with E-state index in [9.17, 15) is 10.1 Å². The molecular weight excluding hydrogens is 302 g/mol. The number of rotatable bonds is 5. The normalized spacial score (nSPS) is 10.5. The third kappa shape index (κ3) is 3.66. The van der Waals surface area contributed by atoms with Crippen LogP contribution in [0.15, 0.2) is 40.3 Å². The first-order chi connectivity index (χ1) is 9.60. The second-order valence-corrected chi connectivity index (χ2v) is 5.15. The van der Waals surface area contributed by atoms with Crippen LogP contribution in [0.5, 0.6) is 0 Å². The second kappa shape index (κ2) is 6.65. The number of nitro benzene ring substituents is 1. The van der Waals surface area contributed by atoms with E-state index in [1.807, 2.05) is 0 Å². The minimum Gasteiger partial charge on any atom is -0.377 e. The molecule has 0 amide bonds. The van der Waals surface area contributed by atoms with Crippen molar-refractivity contribution in [3.63, 3.8) is 0 Å². The van der Waals surface area contributed by atoms with Crippen molar-refractivity contribution in [3.05, 3.63) is 51.4 Å². The van der Waals surface area contributed by atoms with Crippen LogP contribution < -0.4 is 0 Å². The number of hydrogen-bond acceptors (Lipinski definition) is 6. The maximum Gasteiger partial charge on any atom is 0.283 e. The highest BCUT2D eigenvalue weighted by Gasteiger charge is 2.15. The highest BCUT2D eigenvalue weighted by molar-refractivity contribution is 7.99. The fraction of sp³-hybridized carbons (Fsp3) is 0.167. The van der Waals surface area contributed by atoms with Gasteiger partial charge in [-0.1, -0.05) is 35.5 Å². The molecular formula is C12H10ClN3O3S. The van der Waals surface area contributed by atoms with Gasteiger partial charge in [-0.2, -0.15) is 0 Å². The molecule has 0 aliphatic heterocycles. The topological polar surface area (TPSA) is 78.2 Å². The Morgan fingerprint density at radius 1 is 1.40 bits per heavy atom. The van der Waals surface area contributed by atoms with E-state index in [1.54, 1.807) is 24.3 Å². The van der Waals surface area contributed by atoms with Gasteiger partial charge in [-0.3, -0.25) is 10.1 Å². The summed E-state index contributed by atoms with van der Waals surface area (Å²) in [6.07, 6.45) is 0. The largest absolute Gasteiger partial charge is 0.377 e. The van der Waals surface area contributed by atoms with Crippen LogP contribution >= 0.6 is 23.4 Å². The molecule has 0 aliphatic rings. The summed E-state index contributed by atoms with van der Waals surface area (Å²) < 4.78 is 4.95. The lowest BCUT2D eigenvalue weighted by atomic mass is 10.3. The van der Waals surface area contributed by atoms with Gasteiger partial charge >= 0.3 is 0 Å². The SMILES string of the molecule is COCc1nc(Cl)cc(Sc2ccccc2[N+](=O)[O-])n1. The molecule has 0 spiro atoms. The van der Waals surface area contributed by atoms with Crippen molar-refractivity contribution >= 4 is 29.1 Å². The number of methoxy groups -OCH3 is 1. The van der Waals surface area contributed by atoms with Gasteiger partial charge in [0.25, 0.3) is 5.69 Å². The Morgan fingerprint density at radius 2 is 2.15 bits per heavy atom. The molecule has 1 heterocycles. The molecule has 0 N–H and O–H groups in total. The first-order valence-corrected chi connectivity index (χ1v) is 6.73. The van der Waals surface area contributed by atoms with Crippen LogP contribution in [-0.2, 0) is 11.3 Å². The van der Waals surface area contributed by atoms with Crippen LogP contribution in [0.4, 0.5) is 5.69 Å². The fourth-order valence-corrected chi connectivity index (χ4v) is 2.70. The van der Waals surface area contributed by atoms with Crippen molar-refractivity contribution in [3.8, 4) is 0 Å². The molecule has 6 nitrogen and oxygen atoms in total. The Labute approximate surface area is 124 Å². The fourth-order valence-electron chi connectivity index (χ4n) is 1.49. The molecule has 0 fully saturated rings. The molecule has 1 aromatic heterocycles. The summed E-state index contributed by atoms with van der Waals surface area (Å²) in [6.45, 7) is 0.227. The molecule has 0 bridgehead atoms. The lowest BCUT2D eigenvalue weighted by Gasteiger charge is -2.05. The van der Waals surface area contributed by atoms with Gasteiger partial charge in [-0.25, -0.2) is 9.97 Å². The van der Waals surface area contributed by atoms with Gasteiger partial charge < -0.3 is 4.74 Å². The summed E-state index contributed by atoms with van der Waals surface area (Å²) in [5, 5.41) is 11.8. The van der Waals surface area contributed by atoms with Gasteiger partial charge in [0.1, 0.15) is 16.8 Å². The van der Waals surface area contributed by atoms with Crippen LogP contribution in [0.25, 0.3) is 0 Å². The van der Waals surface area contributed by atoms with Crippen LogP contribution in [0, 0.1) is 10.1 Å². The summed E-state index contributed by atoms with van der Waals surface area (Å²) in [7, 11) is 1.53. The number of benzene rings is 1. The van der Waals surface area contributed by atoms with E-state index < -0.39 is 4.92 Å². The smallest absolute Gasteiger partial charge is 0.283 e. The molecule has 20 heavy (non-hydrogen) atoms. The quantitative estimate of drug-likeness (QED) is 0.479. The van der Waals surface area contributed by atoms with E-state index in [-0.39, 0.29) is 17.4 Å². The first-order valence-electron chi connectivity index (χ1n) is 5.54. The lowest BCUT2D eigenvalue weighted by Crippen LogP contribution is -1.98. The highest BCUT2D eigenvalue weighted by atomic mass is 35.5. The van der Waals surface area contributed by atoms with Gasteiger partial charge in [-0.05, 0) is 6.07 Å². The molecule has 104 valence electrons. The van der Waals surface area contributed by atoms with Crippen LogP contribution in [0.1, 0.15) is 5.82 Å². The predicted octanol–water partition coefficient (Wildman–Crippen LogP) is 3.34. The Morgan fingerprint density at radius 3 is 2.85 bits per heavy atom. The zero-order valence-corrected chi connectivity index (χ0v) is 12.0. The minimum absolute atomic E-state index is 0.0283. The second-order valence-electron chi connectivity index (χ2n) is 3.71. The van der Waals surface area contributed by atoms with Crippen molar-refractivity contribution in [1.82, 2.24) is 9.97 Å². The van der Waals surface area contributed by atoms with Crippen molar-refractivity contribution in [1.29, 1.82) is 0 Å². The third-order valence-corrected chi connectivity index (χ3v) is 3.44. The monoisotopic (exact) mass is 311 g/mol. The van der Waals surface area contributed by atoms with Gasteiger partial charge in [0.15, 0.2) is 5.82 Å². The van der Waals surface area contributed by atoms with Crippen molar-refractivity contribution in [2.45, 2.75) is 16.5 Å². The molecule has 8 heteroatoms. The number of nitrogens with zero attached hydrogens (tertiary/aromatic N) is 3. The van der Waals surface area contributed by atoms with E-state index in [0.717, 1.165) is 11.8 Å². The molecule has 1 aromatic carbocycles. The Balaban J connectivity index is 2.32. The third-order valence-electron chi connectivity index (χ3n) is 2.27. The summed E-state index contributed by atoms with van der Waals surface area (Å²) in [6, 6.07) is 8.01. The summed E-state index contributed by atoms with van der Waals surface area (Å²) in [5.41, 5.74) is 0.0283. The molecule has 0 radical (unpaired) electrons. The van der Waals surface area contributed by atoms with Crippen LogP contribution in [0.2, 0.25) is 5.15 Å². The number of halogens is 1. The number of nitro groups is 1. The highest BCUT2D eigenvalue weighted by Crippen LogP contribution is 2.34. The summed E-state index contributed by atoms with van der Waals surface area (Å²) in [4.78, 5) is 19.3. The van der Waals surface area contributed by atoms with Crippen molar-refractivity contribution < 1.29 is 9.66 Å². The van der Waals surface area contributed by atoms with Crippen LogP contribution in [0.3, 0.4) is 0 Å². The predicted molar refractivity (Wildman–Crippen MR) is 75.0 cm³/mol. The van der Waals surface area contributed by atoms with Crippen LogP contribution in [-0.4, -0.2) is 22.0 Å². The molecule has 0 aliphatic carbocycles. The zero-order chi connectivity index (χ0) is 14.5. The molecule has 2 rings (SSSR count). The average molecular weight is 312 g/mol. The van der Waals surface area contributed by atoms with Gasteiger partial charge in [0, 0.05) is 19.2 Å². The minimum atomic E-state index is -0.429. The molecule has 0 unspecified atom stereocenters. The Kier molecular flexibility index (Phi) is 4.89. The maximum absolute atomic E-state index is 11.0. The van der Waals surface area contributed by atoms with Gasteiger partial charge in [-0.15, -0.1) is 0 Å². The molecule has 0 saturated heterocycles. The Bertz CT molecular complexity index is 639. The van der Waals surface area contributed by atoms with Gasteiger partial charge in [0.2, 0.25) is 0 Å². The average Bonchev–Trinajstić information content (AvgIpc) is 2.38. The van der Waals surface area contributed by atoms with E-state index in [2.05, 4.69) is 9.97 Å². The number of hydrogen-bond donors (Lipinski definition) is 0. The summed E-state index contributed by atoms with van der Waals surface area (Å²) in [5.74, 6) is 0.432. The standard InChI is InChI=1S/C12H10ClN3O3S/c1-19-7-11-14-10(13)6-12(15-11)20-9-5-3-2-4-8(9)16(17)18/h2-6H,7H2,1H3. The van der Waals surface area contributed by atoms with Crippen molar-refractivity contribution in [2.24, 2.45) is 0 Å². The molecule has 0 saturated carbocycles. The Hall–Kier alpha value is -1.70. The molecule has 2 aromatic rings. The summed E-state index contributed by atoms with van der Waals surface area (Å²) >= 11 is 7.06. The van der Waals surface area contributed by atoms with E-state index in [0.29, 0.717) is 15.7 Å². The van der Waals surface area contributed by atoms with Crippen molar-refractivity contribution in [2.75, 3.05) is 7.11 Å². The van der Waals surface area contributed by atoms with E-state index >= 15 is 0 Å². The number of para-hydroxylation sites is 1. The van der Waals surface area contributed by atoms with E-state index in [1.165, 1.54) is 13.2 Å². The van der Waals surface area contributed by atoms with Gasteiger partial charge in [0.05, 0.1) is 9.82 Å². The number of aromatic nitrogens is 2. The maximum atomic E-state index is 11.0. The lowest BCUT2D eigenvalue weighted by molar-refractivity contribution is -0.387. The zero-order valence-electron chi connectivity index (χ0n) is 10.4. The van der Waals surface area contributed by atoms with E-state index in [4.69, 9.17) is 16.3 Å².